The molecule has 23 heavy (non-hydrogen) atoms. The van der Waals surface area contributed by atoms with Gasteiger partial charge < -0.3 is 4.90 Å². The summed E-state index contributed by atoms with van der Waals surface area (Å²) in [4.78, 5) is 18.2. The zero-order valence-corrected chi connectivity index (χ0v) is 15.9. The molecule has 1 amide bonds. The van der Waals surface area contributed by atoms with E-state index in [1.807, 2.05) is 18.9 Å². The number of hydrogen-bond donors (Lipinski definition) is 0. The van der Waals surface area contributed by atoms with Gasteiger partial charge in [-0.2, -0.15) is 0 Å². The van der Waals surface area contributed by atoms with E-state index >= 15 is 0 Å². The number of carbonyl (C=O) groups excluding carboxylic acids is 1. The van der Waals surface area contributed by atoms with Crippen molar-refractivity contribution in [2.45, 2.75) is 32.5 Å². The van der Waals surface area contributed by atoms with E-state index in [0.29, 0.717) is 0 Å². The van der Waals surface area contributed by atoms with Crippen LogP contribution in [0.3, 0.4) is 0 Å². The minimum absolute atomic E-state index is 0.110. The van der Waals surface area contributed by atoms with Crippen LogP contribution in [0.15, 0.2) is 40.2 Å². The molecule has 3 nitrogen and oxygen atoms in total. The Labute approximate surface area is 150 Å². The smallest absolute Gasteiger partial charge is 0.239 e. The van der Waals surface area contributed by atoms with E-state index in [4.69, 9.17) is 0 Å². The zero-order chi connectivity index (χ0) is 16.4. The molecular formula is C18H21BrN2OS. The van der Waals surface area contributed by atoms with Gasteiger partial charge in [-0.25, -0.2) is 0 Å². The van der Waals surface area contributed by atoms with Crippen molar-refractivity contribution in [1.82, 2.24) is 9.80 Å². The number of benzene rings is 1. The number of thiophene rings is 1. The summed E-state index contributed by atoms with van der Waals surface area (Å²) in [6.45, 7) is 4.36. The lowest BCUT2D eigenvalue weighted by molar-refractivity contribution is -0.137. The van der Waals surface area contributed by atoms with Crippen LogP contribution in [0.25, 0.3) is 0 Å². The van der Waals surface area contributed by atoms with Crippen molar-refractivity contribution in [2.24, 2.45) is 0 Å². The Kier molecular flexibility index (Phi) is 5.19. The van der Waals surface area contributed by atoms with Crippen LogP contribution < -0.4 is 0 Å². The molecule has 2 heterocycles. The number of halogens is 1. The Morgan fingerprint density at radius 1 is 1.30 bits per heavy atom. The average molecular weight is 393 g/mol. The van der Waals surface area contributed by atoms with Crippen molar-refractivity contribution in [3.05, 3.63) is 56.2 Å². The second kappa shape index (κ2) is 7.16. The van der Waals surface area contributed by atoms with Gasteiger partial charge in [0.2, 0.25) is 5.91 Å². The number of nitrogens with zero attached hydrogens (tertiary/aromatic N) is 2. The summed E-state index contributed by atoms with van der Waals surface area (Å²) >= 11 is 5.21. The average Bonchev–Trinajstić information content (AvgIpc) is 2.97. The van der Waals surface area contributed by atoms with Gasteiger partial charge in [-0.1, -0.05) is 24.3 Å². The fraction of sp³-hybridized carbons (Fsp3) is 0.389. The molecule has 0 radical (unpaired) electrons. The highest BCUT2D eigenvalue weighted by Crippen LogP contribution is 2.24. The molecule has 0 spiro atoms. The second-order valence-corrected chi connectivity index (χ2v) is 8.62. The minimum Gasteiger partial charge on any atom is -0.337 e. The minimum atomic E-state index is -0.110. The molecule has 1 aliphatic rings. The number of fused-ring (bicyclic) bond motifs is 1. The van der Waals surface area contributed by atoms with Gasteiger partial charge in [0.05, 0.1) is 9.83 Å². The largest absolute Gasteiger partial charge is 0.337 e. The van der Waals surface area contributed by atoms with E-state index in [1.165, 1.54) is 16.0 Å². The first kappa shape index (κ1) is 16.7. The number of carbonyl (C=O) groups is 1. The third kappa shape index (κ3) is 3.84. The first-order valence-electron chi connectivity index (χ1n) is 7.84. The number of likely N-dealkylation sites (N-methyl/N-ethyl adjacent to an activating group) is 1. The number of rotatable bonds is 4. The summed E-state index contributed by atoms with van der Waals surface area (Å²) in [5.41, 5.74) is 2.66. The van der Waals surface area contributed by atoms with Gasteiger partial charge in [0.25, 0.3) is 0 Å². The van der Waals surface area contributed by atoms with Gasteiger partial charge in [0.1, 0.15) is 0 Å². The Bertz CT molecular complexity index is 700. The van der Waals surface area contributed by atoms with Crippen molar-refractivity contribution in [2.75, 3.05) is 13.6 Å². The molecule has 1 aliphatic heterocycles. The fourth-order valence-corrected chi connectivity index (χ4v) is 4.50. The van der Waals surface area contributed by atoms with Gasteiger partial charge in [0.15, 0.2) is 0 Å². The van der Waals surface area contributed by atoms with Crippen LogP contribution in [-0.2, 0) is 24.3 Å². The van der Waals surface area contributed by atoms with Crippen molar-refractivity contribution in [3.63, 3.8) is 0 Å². The predicted octanol–water partition coefficient (Wildman–Crippen LogP) is 3.92. The molecule has 1 aromatic carbocycles. The SMILES string of the molecule is CC(C(=O)N1CCc2ccccc2C1)N(C)Cc1ccc(Br)s1. The quantitative estimate of drug-likeness (QED) is 0.786. The summed E-state index contributed by atoms with van der Waals surface area (Å²) in [6.07, 6.45) is 0.955. The molecule has 1 unspecified atom stereocenters. The zero-order valence-electron chi connectivity index (χ0n) is 13.5. The van der Waals surface area contributed by atoms with E-state index < -0.39 is 0 Å². The highest BCUT2D eigenvalue weighted by Gasteiger charge is 2.26. The Morgan fingerprint density at radius 2 is 2.04 bits per heavy atom. The second-order valence-electron chi connectivity index (χ2n) is 6.08. The standard InChI is InChI=1S/C18H21BrN2OS/c1-13(20(2)12-16-7-8-17(19)23-16)18(22)21-10-9-14-5-3-4-6-15(14)11-21/h3-8,13H,9-12H2,1-2H3. The summed E-state index contributed by atoms with van der Waals surface area (Å²) in [5.74, 6) is 0.220. The van der Waals surface area contributed by atoms with Crippen LogP contribution >= 0.6 is 27.3 Å². The molecule has 122 valence electrons. The maximum atomic E-state index is 12.8. The molecular weight excluding hydrogens is 372 g/mol. The lowest BCUT2D eigenvalue weighted by Crippen LogP contribution is -2.47. The van der Waals surface area contributed by atoms with Crippen LogP contribution in [-0.4, -0.2) is 35.3 Å². The molecule has 0 fully saturated rings. The predicted molar refractivity (Wildman–Crippen MR) is 98.5 cm³/mol. The highest BCUT2D eigenvalue weighted by molar-refractivity contribution is 9.11. The molecule has 0 saturated heterocycles. The number of hydrogen-bond acceptors (Lipinski definition) is 3. The normalized spacial score (nSPS) is 15.6. The van der Waals surface area contributed by atoms with E-state index in [1.54, 1.807) is 11.3 Å². The Balaban J connectivity index is 1.63. The maximum absolute atomic E-state index is 12.8. The molecule has 0 saturated carbocycles. The molecule has 1 aromatic heterocycles. The van der Waals surface area contributed by atoms with Gasteiger partial charge >= 0.3 is 0 Å². The Morgan fingerprint density at radius 3 is 2.74 bits per heavy atom. The van der Waals surface area contributed by atoms with Crippen molar-refractivity contribution >= 4 is 33.2 Å². The van der Waals surface area contributed by atoms with Crippen molar-refractivity contribution in [3.8, 4) is 0 Å². The first-order valence-corrected chi connectivity index (χ1v) is 9.45. The van der Waals surface area contributed by atoms with Gasteiger partial charge in [-0.15, -0.1) is 11.3 Å². The van der Waals surface area contributed by atoms with E-state index in [0.717, 1.165) is 29.8 Å². The molecule has 5 heteroatoms. The summed E-state index contributed by atoms with van der Waals surface area (Å²) in [7, 11) is 2.02. The van der Waals surface area contributed by atoms with E-state index in [9.17, 15) is 4.79 Å². The third-order valence-corrected chi connectivity index (χ3v) is 6.10. The van der Waals surface area contributed by atoms with E-state index in [-0.39, 0.29) is 11.9 Å². The number of amides is 1. The molecule has 2 aromatic rings. The van der Waals surface area contributed by atoms with Gasteiger partial charge in [-0.05, 0) is 59.6 Å². The fourth-order valence-electron chi connectivity index (χ4n) is 2.96. The topological polar surface area (TPSA) is 23.6 Å². The lowest BCUT2D eigenvalue weighted by atomic mass is 9.99. The summed E-state index contributed by atoms with van der Waals surface area (Å²) < 4.78 is 1.13. The van der Waals surface area contributed by atoms with Crippen LogP contribution in [0.1, 0.15) is 22.9 Å². The summed E-state index contributed by atoms with van der Waals surface area (Å²) in [6, 6.07) is 12.5. The first-order chi connectivity index (χ1) is 11.0. The molecule has 0 N–H and O–H groups in total. The summed E-state index contributed by atoms with van der Waals surface area (Å²) in [5, 5.41) is 0. The monoisotopic (exact) mass is 392 g/mol. The van der Waals surface area contributed by atoms with E-state index in [2.05, 4.69) is 57.2 Å². The highest BCUT2D eigenvalue weighted by atomic mass is 79.9. The maximum Gasteiger partial charge on any atom is 0.239 e. The van der Waals surface area contributed by atoms with Crippen molar-refractivity contribution < 1.29 is 4.79 Å². The molecule has 3 rings (SSSR count). The Hall–Kier alpha value is -1.17. The van der Waals surface area contributed by atoms with Crippen LogP contribution in [0.4, 0.5) is 0 Å². The van der Waals surface area contributed by atoms with Crippen molar-refractivity contribution in [1.29, 1.82) is 0 Å². The van der Waals surface area contributed by atoms with Crippen LogP contribution in [0.2, 0.25) is 0 Å². The van der Waals surface area contributed by atoms with Gasteiger partial charge in [-0.3, -0.25) is 9.69 Å². The molecule has 0 aliphatic carbocycles. The van der Waals surface area contributed by atoms with Crippen LogP contribution in [0.5, 0.6) is 0 Å². The van der Waals surface area contributed by atoms with Gasteiger partial charge in [0, 0.05) is 24.5 Å². The molecule has 0 bridgehead atoms. The van der Waals surface area contributed by atoms with Crippen LogP contribution in [0, 0.1) is 0 Å². The third-order valence-electron chi connectivity index (χ3n) is 4.49. The molecule has 1 atom stereocenters. The lowest BCUT2D eigenvalue weighted by Gasteiger charge is -2.33.